The third-order valence-electron chi connectivity index (χ3n) is 15.4. The second kappa shape index (κ2) is 69.1. The van der Waals surface area contributed by atoms with Crippen molar-refractivity contribution in [1.82, 2.24) is 0 Å². The highest BCUT2D eigenvalue weighted by atomic mass is 16.6. The van der Waals surface area contributed by atoms with E-state index in [9.17, 15) is 14.4 Å². The number of carbonyl (C=O) groups excluding carboxylic acids is 3. The fourth-order valence-corrected chi connectivity index (χ4v) is 10.1. The third-order valence-corrected chi connectivity index (χ3v) is 15.4. The van der Waals surface area contributed by atoms with E-state index in [1.54, 1.807) is 0 Å². The van der Waals surface area contributed by atoms with Gasteiger partial charge in [0.2, 0.25) is 0 Å². The second-order valence-corrected chi connectivity index (χ2v) is 23.4. The number of hydrogen-bond acceptors (Lipinski definition) is 6. The van der Waals surface area contributed by atoms with Gasteiger partial charge in [-0.15, -0.1) is 0 Å². The first-order valence-corrected chi connectivity index (χ1v) is 35.1. The maximum absolute atomic E-state index is 12.9. The van der Waals surface area contributed by atoms with Crippen LogP contribution < -0.4 is 0 Å². The zero-order valence-electron chi connectivity index (χ0n) is 53.8. The van der Waals surface area contributed by atoms with Crippen molar-refractivity contribution in [3.8, 4) is 0 Å². The molecule has 0 aromatic rings. The van der Waals surface area contributed by atoms with Crippen molar-refractivity contribution in [2.24, 2.45) is 0 Å². The van der Waals surface area contributed by atoms with Crippen LogP contribution in [0.2, 0.25) is 0 Å². The number of ether oxygens (including phenoxy) is 3. The van der Waals surface area contributed by atoms with Crippen LogP contribution in [0.25, 0.3) is 0 Å². The van der Waals surface area contributed by atoms with Crippen molar-refractivity contribution >= 4 is 17.9 Å². The first-order valence-electron chi connectivity index (χ1n) is 35.1. The Morgan fingerprint density at radius 1 is 0.259 bits per heavy atom. The molecule has 0 bridgehead atoms. The van der Waals surface area contributed by atoms with E-state index in [0.29, 0.717) is 19.3 Å². The van der Waals surface area contributed by atoms with Crippen molar-refractivity contribution in [3.05, 3.63) is 85.1 Å². The largest absolute Gasteiger partial charge is 0.462 e. The quantitative estimate of drug-likeness (QED) is 0.0261. The van der Waals surface area contributed by atoms with E-state index < -0.39 is 6.10 Å². The Balaban J connectivity index is 4.23. The first-order chi connectivity index (χ1) is 40.0. The lowest BCUT2D eigenvalue weighted by molar-refractivity contribution is -0.167. The lowest BCUT2D eigenvalue weighted by Crippen LogP contribution is -2.30. The molecule has 0 N–H and O–H groups in total. The monoisotopic (exact) mass is 1130 g/mol. The summed E-state index contributed by atoms with van der Waals surface area (Å²) in [6, 6.07) is 0. The van der Waals surface area contributed by atoms with Gasteiger partial charge in [-0.25, -0.2) is 0 Å². The molecular formula is C75H132O6. The van der Waals surface area contributed by atoms with Gasteiger partial charge in [-0.3, -0.25) is 14.4 Å². The molecule has 0 saturated heterocycles. The molecule has 0 amide bonds. The van der Waals surface area contributed by atoms with Gasteiger partial charge in [0.05, 0.1) is 0 Å². The topological polar surface area (TPSA) is 78.9 Å². The minimum absolute atomic E-state index is 0.0775. The van der Waals surface area contributed by atoms with Crippen molar-refractivity contribution in [3.63, 3.8) is 0 Å². The van der Waals surface area contributed by atoms with Gasteiger partial charge in [-0.2, -0.15) is 0 Å². The molecule has 0 aliphatic carbocycles. The van der Waals surface area contributed by atoms with E-state index in [1.807, 2.05) is 0 Å². The van der Waals surface area contributed by atoms with Crippen LogP contribution >= 0.6 is 0 Å². The van der Waals surface area contributed by atoms with Crippen LogP contribution in [0.5, 0.6) is 0 Å². The van der Waals surface area contributed by atoms with Crippen LogP contribution in [0.1, 0.15) is 355 Å². The maximum Gasteiger partial charge on any atom is 0.306 e. The minimum Gasteiger partial charge on any atom is -0.462 e. The van der Waals surface area contributed by atoms with Crippen LogP contribution in [0, 0.1) is 0 Å². The zero-order valence-corrected chi connectivity index (χ0v) is 53.8. The summed E-state index contributed by atoms with van der Waals surface area (Å²) in [6.45, 7) is 6.55. The number of unbranched alkanes of at least 4 members (excludes halogenated alkanes) is 39. The van der Waals surface area contributed by atoms with Crippen molar-refractivity contribution < 1.29 is 28.6 Å². The number of allylic oxidation sites excluding steroid dienone is 14. The molecule has 0 aliphatic rings. The van der Waals surface area contributed by atoms with Crippen LogP contribution in [-0.4, -0.2) is 37.2 Å². The fraction of sp³-hybridized carbons (Fsp3) is 0.773. The van der Waals surface area contributed by atoms with Gasteiger partial charge in [0, 0.05) is 19.3 Å². The fourth-order valence-electron chi connectivity index (χ4n) is 10.1. The summed E-state index contributed by atoms with van der Waals surface area (Å²) in [5.74, 6) is -0.873. The van der Waals surface area contributed by atoms with Gasteiger partial charge in [0.1, 0.15) is 13.2 Å². The molecule has 0 heterocycles. The van der Waals surface area contributed by atoms with E-state index in [2.05, 4.69) is 106 Å². The highest BCUT2D eigenvalue weighted by molar-refractivity contribution is 5.71. The van der Waals surface area contributed by atoms with Gasteiger partial charge in [-0.05, 0) is 116 Å². The molecule has 0 rings (SSSR count). The number of carbonyl (C=O) groups is 3. The Morgan fingerprint density at radius 2 is 0.481 bits per heavy atom. The summed E-state index contributed by atoms with van der Waals surface area (Å²) >= 11 is 0. The Kier molecular flexibility index (Phi) is 66.2. The number of esters is 3. The van der Waals surface area contributed by atoms with Crippen LogP contribution in [-0.2, 0) is 28.6 Å². The molecule has 468 valence electrons. The van der Waals surface area contributed by atoms with Crippen molar-refractivity contribution in [2.45, 2.75) is 361 Å². The summed E-state index contributed by atoms with van der Waals surface area (Å²) in [6.07, 6.45) is 91.8. The van der Waals surface area contributed by atoms with Gasteiger partial charge >= 0.3 is 17.9 Å². The highest BCUT2D eigenvalue weighted by Gasteiger charge is 2.19. The first kappa shape index (κ1) is 77.6. The second-order valence-electron chi connectivity index (χ2n) is 23.4. The Labute approximate surface area is 503 Å². The van der Waals surface area contributed by atoms with Crippen molar-refractivity contribution in [2.75, 3.05) is 13.2 Å². The zero-order chi connectivity index (χ0) is 58.5. The Bertz CT molecular complexity index is 1530. The summed E-state index contributed by atoms with van der Waals surface area (Å²) in [4.78, 5) is 38.4. The summed E-state index contributed by atoms with van der Waals surface area (Å²) in [5.41, 5.74) is 0. The standard InChI is InChI=1S/C75H132O6/c1-4-7-10-13-16-19-22-25-28-30-32-33-34-35-36-37-38-39-40-41-42-43-44-46-47-50-53-56-59-62-65-68-74(77)80-71-72(70-79-73(76)67-64-61-58-55-52-49-27-24-21-18-15-12-9-6-3)81-75(78)69-66-63-60-57-54-51-48-45-31-29-26-23-20-17-14-11-8-5-2/h7,10,16,19,24-25,27-29,31-33,35-36,72H,4-6,8-9,11-15,17-18,20-23,26,30,34,37-71H2,1-3H3/b10-7-,19-16-,27-24-,28-25-,31-29-,33-32-,36-35-. The number of rotatable bonds is 64. The van der Waals surface area contributed by atoms with E-state index in [0.717, 1.165) is 96.3 Å². The van der Waals surface area contributed by atoms with E-state index >= 15 is 0 Å². The predicted octanol–water partition coefficient (Wildman–Crippen LogP) is 24.2. The molecule has 1 atom stereocenters. The lowest BCUT2D eigenvalue weighted by Gasteiger charge is -2.18. The van der Waals surface area contributed by atoms with E-state index in [-0.39, 0.29) is 31.1 Å². The maximum atomic E-state index is 12.9. The average molecular weight is 1130 g/mol. The SMILES string of the molecule is CC/C=C\C/C=C\C/C=C\C/C=C\C/C=C\CCCCCCCCCCCCCCCCCC(=O)OCC(COC(=O)CCCCCCC/C=C\CCCCCCC)OC(=O)CCCCCCCCC/C=C\CCCCCCCCC. The van der Waals surface area contributed by atoms with Crippen molar-refractivity contribution in [1.29, 1.82) is 0 Å². The molecule has 0 fully saturated rings. The van der Waals surface area contributed by atoms with Gasteiger partial charge in [0.25, 0.3) is 0 Å². The van der Waals surface area contributed by atoms with E-state index in [1.165, 1.54) is 218 Å². The lowest BCUT2D eigenvalue weighted by atomic mass is 10.0. The summed E-state index contributed by atoms with van der Waals surface area (Å²) in [5, 5.41) is 0. The van der Waals surface area contributed by atoms with Gasteiger partial charge in [0.15, 0.2) is 6.10 Å². The summed E-state index contributed by atoms with van der Waals surface area (Å²) in [7, 11) is 0. The summed E-state index contributed by atoms with van der Waals surface area (Å²) < 4.78 is 17.0. The molecule has 0 spiro atoms. The molecule has 81 heavy (non-hydrogen) atoms. The highest BCUT2D eigenvalue weighted by Crippen LogP contribution is 2.17. The molecule has 6 heteroatoms. The molecular weight excluding hydrogens is 997 g/mol. The van der Waals surface area contributed by atoms with E-state index in [4.69, 9.17) is 14.2 Å². The number of hydrogen-bond donors (Lipinski definition) is 0. The van der Waals surface area contributed by atoms with Crippen LogP contribution in [0.3, 0.4) is 0 Å². The molecule has 0 aromatic carbocycles. The average Bonchev–Trinajstić information content (AvgIpc) is 3.47. The molecule has 0 aromatic heterocycles. The Morgan fingerprint density at radius 3 is 0.765 bits per heavy atom. The molecule has 0 aliphatic heterocycles. The van der Waals surface area contributed by atoms with Crippen LogP contribution in [0.4, 0.5) is 0 Å². The predicted molar refractivity (Wildman–Crippen MR) is 353 cm³/mol. The third kappa shape index (κ3) is 67.3. The molecule has 0 radical (unpaired) electrons. The smallest absolute Gasteiger partial charge is 0.306 e. The van der Waals surface area contributed by atoms with Crippen LogP contribution in [0.15, 0.2) is 85.1 Å². The minimum atomic E-state index is -0.782. The molecule has 1 unspecified atom stereocenters. The molecule has 0 saturated carbocycles. The Hall–Kier alpha value is -3.41. The molecule has 6 nitrogen and oxygen atoms in total. The normalized spacial score (nSPS) is 12.6. The van der Waals surface area contributed by atoms with Gasteiger partial charge < -0.3 is 14.2 Å². The van der Waals surface area contributed by atoms with Gasteiger partial charge in [-0.1, -0.05) is 305 Å².